The van der Waals surface area contributed by atoms with Crippen LogP contribution in [-0.4, -0.2) is 49.5 Å². The lowest BCUT2D eigenvalue weighted by molar-refractivity contribution is -0.0586. The number of ether oxygens (including phenoxy) is 1. The molecule has 33 heavy (non-hydrogen) atoms. The fourth-order valence-electron chi connectivity index (χ4n) is 3.75. The van der Waals surface area contributed by atoms with Gasteiger partial charge in [-0.1, -0.05) is 12.1 Å². The molecule has 1 saturated heterocycles. The second-order valence-electron chi connectivity index (χ2n) is 7.86. The van der Waals surface area contributed by atoms with Gasteiger partial charge < -0.3 is 9.64 Å². The molecule has 4 rings (SSSR count). The number of rotatable bonds is 4. The monoisotopic (exact) mass is 493 g/mol. The fraction of sp³-hybridized carbons (Fsp3) is 0.273. The number of thiazole rings is 1. The Morgan fingerprint density at radius 3 is 2.33 bits per heavy atom. The summed E-state index contributed by atoms with van der Waals surface area (Å²) >= 11 is 1.05. The molecule has 0 aliphatic carbocycles. The molecule has 2 aromatic carbocycles. The first-order chi connectivity index (χ1) is 15.5. The highest BCUT2D eigenvalue weighted by molar-refractivity contribution is 7.89. The summed E-state index contributed by atoms with van der Waals surface area (Å²) in [4.78, 5) is 19.6. The number of benzene rings is 2. The molecule has 1 aliphatic rings. The molecular formula is C22H21F2N3O4S2. The summed E-state index contributed by atoms with van der Waals surface area (Å²) in [5.74, 6) is -1.88. The molecule has 1 aliphatic heterocycles. The zero-order valence-electron chi connectivity index (χ0n) is 17.8. The number of aromatic nitrogens is 1. The number of morpholine rings is 1. The van der Waals surface area contributed by atoms with Crippen molar-refractivity contribution < 1.29 is 26.7 Å². The van der Waals surface area contributed by atoms with Crippen LogP contribution in [0.3, 0.4) is 0 Å². The Hall–Kier alpha value is -2.73. The summed E-state index contributed by atoms with van der Waals surface area (Å²) in [5.41, 5.74) is 0.709. The lowest BCUT2D eigenvalue weighted by Gasteiger charge is -2.34. The maximum atomic E-state index is 14.6. The SMILES string of the molecule is C[C@@H]1CN(C(=O)c2nc(-c3ccc(F)cc3F)c(-c3ccc(S(N)(=O)=O)cc3)s2)C[C@H](C)O1. The van der Waals surface area contributed by atoms with Gasteiger partial charge in [0.2, 0.25) is 10.0 Å². The van der Waals surface area contributed by atoms with E-state index in [0.717, 1.165) is 23.5 Å². The summed E-state index contributed by atoms with van der Waals surface area (Å²) in [6.45, 7) is 4.52. The van der Waals surface area contributed by atoms with Crippen molar-refractivity contribution in [2.75, 3.05) is 13.1 Å². The molecule has 1 aromatic heterocycles. The Morgan fingerprint density at radius 2 is 1.76 bits per heavy atom. The van der Waals surface area contributed by atoms with Gasteiger partial charge in [0.25, 0.3) is 5.91 Å². The highest BCUT2D eigenvalue weighted by atomic mass is 32.2. The third kappa shape index (κ3) is 4.96. The quantitative estimate of drug-likeness (QED) is 0.598. The van der Waals surface area contributed by atoms with Crippen LogP contribution in [-0.2, 0) is 14.8 Å². The second-order valence-corrected chi connectivity index (χ2v) is 10.4. The summed E-state index contributed by atoms with van der Waals surface area (Å²) in [6, 6.07) is 8.77. The number of nitrogens with zero attached hydrogens (tertiary/aromatic N) is 2. The van der Waals surface area contributed by atoms with E-state index in [2.05, 4.69) is 4.98 Å². The van der Waals surface area contributed by atoms with Crippen LogP contribution in [0.25, 0.3) is 21.7 Å². The topological polar surface area (TPSA) is 103 Å². The number of hydrogen-bond donors (Lipinski definition) is 1. The third-order valence-corrected chi connectivity index (χ3v) is 7.17. The molecule has 2 N–H and O–H groups in total. The highest BCUT2D eigenvalue weighted by Crippen LogP contribution is 2.39. The van der Waals surface area contributed by atoms with Crippen molar-refractivity contribution in [3.05, 3.63) is 59.1 Å². The molecule has 0 radical (unpaired) electrons. The number of carbonyl (C=O) groups excluding carboxylic acids is 1. The Bertz CT molecular complexity index is 1300. The number of primary sulfonamides is 1. The number of halogens is 2. The zero-order chi connectivity index (χ0) is 23.9. The normalized spacial score (nSPS) is 19.0. The largest absolute Gasteiger partial charge is 0.372 e. The Kier molecular flexibility index (Phi) is 6.32. The van der Waals surface area contributed by atoms with E-state index in [9.17, 15) is 22.0 Å². The maximum Gasteiger partial charge on any atom is 0.283 e. The van der Waals surface area contributed by atoms with Crippen molar-refractivity contribution in [1.29, 1.82) is 0 Å². The highest BCUT2D eigenvalue weighted by Gasteiger charge is 2.30. The van der Waals surface area contributed by atoms with E-state index in [1.165, 1.54) is 30.3 Å². The number of hydrogen-bond acceptors (Lipinski definition) is 6. The van der Waals surface area contributed by atoms with Crippen LogP contribution in [0, 0.1) is 11.6 Å². The molecule has 0 unspecified atom stereocenters. The Labute approximate surface area is 193 Å². The van der Waals surface area contributed by atoms with Crippen molar-refractivity contribution in [2.24, 2.45) is 5.14 Å². The second kappa shape index (κ2) is 8.90. The van der Waals surface area contributed by atoms with Crippen molar-refractivity contribution in [1.82, 2.24) is 9.88 Å². The molecule has 2 heterocycles. The molecule has 1 amide bonds. The lowest BCUT2D eigenvalue weighted by atomic mass is 10.1. The van der Waals surface area contributed by atoms with Crippen LogP contribution < -0.4 is 5.14 Å². The molecule has 11 heteroatoms. The average Bonchev–Trinajstić information content (AvgIpc) is 3.17. The van der Waals surface area contributed by atoms with E-state index in [-0.39, 0.29) is 39.3 Å². The summed E-state index contributed by atoms with van der Waals surface area (Å²) in [5, 5.41) is 5.31. The van der Waals surface area contributed by atoms with E-state index in [0.29, 0.717) is 23.5 Å². The molecule has 0 bridgehead atoms. The van der Waals surface area contributed by atoms with Gasteiger partial charge in [-0.15, -0.1) is 11.3 Å². The standard InChI is InChI=1S/C22H21F2N3O4S2/c1-12-10-27(11-13(2)31-12)22(28)21-26-19(17-8-5-15(23)9-18(17)24)20(32-21)14-3-6-16(7-4-14)33(25,29)30/h3-9,12-13H,10-11H2,1-2H3,(H2,25,29,30)/t12-,13+. The average molecular weight is 494 g/mol. The van der Waals surface area contributed by atoms with E-state index in [4.69, 9.17) is 9.88 Å². The molecule has 0 saturated carbocycles. The number of carbonyl (C=O) groups is 1. The van der Waals surface area contributed by atoms with Crippen LogP contribution in [0.5, 0.6) is 0 Å². The number of sulfonamides is 1. The first-order valence-electron chi connectivity index (χ1n) is 10.1. The number of amides is 1. The van der Waals surface area contributed by atoms with E-state index < -0.39 is 21.7 Å². The minimum absolute atomic E-state index is 0.0286. The van der Waals surface area contributed by atoms with Gasteiger partial charge >= 0.3 is 0 Å². The van der Waals surface area contributed by atoms with Crippen LogP contribution in [0.15, 0.2) is 47.4 Å². The van der Waals surface area contributed by atoms with Gasteiger partial charge in [0, 0.05) is 24.7 Å². The molecule has 3 aromatic rings. The smallest absolute Gasteiger partial charge is 0.283 e. The molecular weight excluding hydrogens is 472 g/mol. The van der Waals surface area contributed by atoms with E-state index in [1.807, 2.05) is 13.8 Å². The predicted molar refractivity (Wildman–Crippen MR) is 120 cm³/mol. The zero-order valence-corrected chi connectivity index (χ0v) is 19.4. The van der Waals surface area contributed by atoms with Crippen molar-refractivity contribution in [2.45, 2.75) is 31.0 Å². The minimum Gasteiger partial charge on any atom is -0.372 e. The lowest BCUT2D eigenvalue weighted by Crippen LogP contribution is -2.48. The molecule has 174 valence electrons. The van der Waals surface area contributed by atoms with Gasteiger partial charge in [0.1, 0.15) is 11.6 Å². The summed E-state index contributed by atoms with van der Waals surface area (Å²) in [6.07, 6.45) is -0.284. The van der Waals surface area contributed by atoms with Gasteiger partial charge in [-0.3, -0.25) is 4.79 Å². The Morgan fingerprint density at radius 1 is 1.12 bits per heavy atom. The molecule has 7 nitrogen and oxygen atoms in total. The van der Waals surface area contributed by atoms with Crippen LogP contribution in [0.4, 0.5) is 8.78 Å². The van der Waals surface area contributed by atoms with Crippen LogP contribution in [0.1, 0.15) is 23.6 Å². The van der Waals surface area contributed by atoms with E-state index in [1.54, 1.807) is 4.90 Å². The molecule has 2 atom stereocenters. The van der Waals surface area contributed by atoms with Crippen molar-refractivity contribution in [3.8, 4) is 21.7 Å². The van der Waals surface area contributed by atoms with Gasteiger partial charge in [0.05, 0.1) is 27.7 Å². The van der Waals surface area contributed by atoms with E-state index >= 15 is 0 Å². The van der Waals surface area contributed by atoms with Gasteiger partial charge in [-0.05, 0) is 43.7 Å². The third-order valence-electron chi connectivity index (χ3n) is 5.15. The van der Waals surface area contributed by atoms with Gasteiger partial charge in [0.15, 0.2) is 5.01 Å². The van der Waals surface area contributed by atoms with Crippen molar-refractivity contribution in [3.63, 3.8) is 0 Å². The maximum absolute atomic E-state index is 14.6. The molecule has 0 spiro atoms. The van der Waals surface area contributed by atoms with Gasteiger partial charge in [-0.25, -0.2) is 27.3 Å². The summed E-state index contributed by atoms with van der Waals surface area (Å²) in [7, 11) is -3.90. The predicted octanol–water partition coefficient (Wildman–Crippen LogP) is 3.65. The van der Waals surface area contributed by atoms with Crippen molar-refractivity contribution >= 4 is 27.3 Å². The van der Waals surface area contributed by atoms with Crippen LogP contribution in [0.2, 0.25) is 0 Å². The van der Waals surface area contributed by atoms with Gasteiger partial charge in [-0.2, -0.15) is 0 Å². The minimum atomic E-state index is -3.90. The summed E-state index contributed by atoms with van der Waals surface area (Å²) < 4.78 is 57.0. The first-order valence-corrected chi connectivity index (χ1v) is 12.4. The fourth-order valence-corrected chi connectivity index (χ4v) is 5.31. The number of nitrogens with two attached hydrogens (primary N) is 1. The Balaban J connectivity index is 1.81. The molecule has 1 fully saturated rings. The van der Waals surface area contributed by atoms with Crippen LogP contribution >= 0.6 is 11.3 Å². The first kappa shape index (κ1) is 23.4.